The molecule has 6 heteroatoms. The molecule has 0 aliphatic carbocycles. The third-order valence-corrected chi connectivity index (χ3v) is 2.35. The predicted octanol–water partition coefficient (Wildman–Crippen LogP) is -1.37. The topological polar surface area (TPSA) is 75.6 Å². The Morgan fingerprint density at radius 1 is 1.54 bits per heavy atom. The normalized spacial score (nSPS) is 14.4. The highest BCUT2D eigenvalue weighted by molar-refractivity contribution is 7.90. The van der Waals surface area contributed by atoms with Gasteiger partial charge in [0.25, 0.3) is 0 Å². The number of nitrogens with one attached hydrogen (secondary N) is 1. The Balaban J connectivity index is 3.47. The van der Waals surface area contributed by atoms with E-state index in [0.29, 0.717) is 13.2 Å². The molecule has 2 N–H and O–H groups in total. The summed E-state index contributed by atoms with van der Waals surface area (Å²) in [4.78, 5) is 0. The van der Waals surface area contributed by atoms with Crippen LogP contribution in [0, 0.1) is 0 Å². The van der Waals surface area contributed by atoms with Crippen molar-refractivity contribution in [3.05, 3.63) is 0 Å². The van der Waals surface area contributed by atoms with Gasteiger partial charge in [-0.3, -0.25) is 0 Å². The molecular formula is C7H17NO4S. The summed E-state index contributed by atoms with van der Waals surface area (Å²) in [5.41, 5.74) is 0. The summed E-state index contributed by atoms with van der Waals surface area (Å²) in [6.45, 7) is 1.43. The van der Waals surface area contributed by atoms with Crippen molar-refractivity contribution in [2.24, 2.45) is 0 Å². The van der Waals surface area contributed by atoms with Crippen molar-refractivity contribution in [1.82, 2.24) is 5.32 Å². The van der Waals surface area contributed by atoms with Crippen LogP contribution in [0.1, 0.15) is 0 Å². The molecule has 0 fully saturated rings. The van der Waals surface area contributed by atoms with Crippen LogP contribution in [-0.2, 0) is 14.6 Å². The number of aliphatic hydroxyl groups is 1. The first kappa shape index (κ1) is 12.8. The fourth-order valence-corrected chi connectivity index (χ4v) is 1.67. The first-order valence-corrected chi connectivity index (χ1v) is 6.07. The molecule has 80 valence electrons. The van der Waals surface area contributed by atoms with Gasteiger partial charge in [-0.2, -0.15) is 0 Å². The molecule has 0 radical (unpaired) electrons. The molecule has 1 unspecified atom stereocenters. The van der Waals surface area contributed by atoms with Crippen molar-refractivity contribution in [3.8, 4) is 0 Å². The van der Waals surface area contributed by atoms with E-state index in [9.17, 15) is 13.5 Å². The zero-order valence-corrected chi connectivity index (χ0v) is 8.80. The van der Waals surface area contributed by atoms with E-state index in [4.69, 9.17) is 4.74 Å². The summed E-state index contributed by atoms with van der Waals surface area (Å²) in [7, 11) is -1.51. The van der Waals surface area contributed by atoms with Gasteiger partial charge in [0.05, 0.1) is 18.5 Å². The van der Waals surface area contributed by atoms with E-state index in [2.05, 4.69) is 5.32 Å². The van der Waals surface area contributed by atoms with Crippen molar-refractivity contribution in [1.29, 1.82) is 0 Å². The average Bonchev–Trinajstić information content (AvgIpc) is 1.94. The summed E-state index contributed by atoms with van der Waals surface area (Å²) in [5.74, 6) is -0.201. The lowest BCUT2D eigenvalue weighted by Crippen LogP contribution is -2.33. The van der Waals surface area contributed by atoms with Gasteiger partial charge in [0, 0.05) is 26.5 Å². The monoisotopic (exact) mass is 211 g/mol. The van der Waals surface area contributed by atoms with Crippen LogP contribution >= 0.6 is 0 Å². The summed E-state index contributed by atoms with van der Waals surface area (Å²) in [6, 6.07) is 0. The van der Waals surface area contributed by atoms with Crippen molar-refractivity contribution < 1.29 is 18.3 Å². The molecule has 0 rings (SSSR count). The van der Waals surface area contributed by atoms with Crippen molar-refractivity contribution >= 4 is 9.84 Å². The number of hydrogen-bond acceptors (Lipinski definition) is 5. The summed E-state index contributed by atoms with van der Waals surface area (Å²) in [6.07, 6.45) is 0.262. The Bertz CT molecular complexity index is 215. The van der Waals surface area contributed by atoms with Crippen LogP contribution in [0.2, 0.25) is 0 Å². The molecule has 0 bridgehead atoms. The number of hydrogen-bond donors (Lipinski definition) is 2. The third kappa shape index (κ3) is 9.75. The molecule has 0 aromatic carbocycles. The lowest BCUT2D eigenvalue weighted by atomic mass is 10.4. The minimum Gasteiger partial charge on any atom is -0.391 e. The Morgan fingerprint density at radius 3 is 2.62 bits per heavy atom. The average molecular weight is 211 g/mol. The zero-order chi connectivity index (χ0) is 10.3. The van der Waals surface area contributed by atoms with Gasteiger partial charge in [-0.25, -0.2) is 8.42 Å². The third-order valence-electron chi connectivity index (χ3n) is 1.36. The first-order chi connectivity index (χ1) is 5.95. The fraction of sp³-hybridized carbons (Fsp3) is 1.00. The van der Waals surface area contributed by atoms with E-state index < -0.39 is 15.9 Å². The van der Waals surface area contributed by atoms with E-state index in [1.165, 1.54) is 0 Å². The first-order valence-electron chi connectivity index (χ1n) is 4.01. The summed E-state index contributed by atoms with van der Waals surface area (Å²) >= 11 is 0. The summed E-state index contributed by atoms with van der Waals surface area (Å²) in [5, 5.41) is 12.1. The van der Waals surface area contributed by atoms with Crippen molar-refractivity contribution in [2.75, 3.05) is 38.8 Å². The van der Waals surface area contributed by atoms with E-state index in [1.54, 1.807) is 7.11 Å². The van der Waals surface area contributed by atoms with Crippen LogP contribution < -0.4 is 5.32 Å². The van der Waals surface area contributed by atoms with Crippen LogP contribution in [0.15, 0.2) is 0 Å². The van der Waals surface area contributed by atoms with E-state index in [1.807, 2.05) is 0 Å². The maximum atomic E-state index is 10.7. The second-order valence-corrected chi connectivity index (χ2v) is 5.13. The van der Waals surface area contributed by atoms with Gasteiger partial charge >= 0.3 is 0 Å². The molecule has 0 aliphatic rings. The highest BCUT2D eigenvalue weighted by Crippen LogP contribution is 1.88. The lowest BCUT2D eigenvalue weighted by Gasteiger charge is -2.09. The molecular weight excluding hydrogens is 194 g/mol. The summed E-state index contributed by atoms with van der Waals surface area (Å²) < 4.78 is 26.2. The van der Waals surface area contributed by atoms with E-state index >= 15 is 0 Å². The van der Waals surface area contributed by atoms with Gasteiger partial charge < -0.3 is 15.2 Å². The van der Waals surface area contributed by atoms with Gasteiger partial charge in [0.2, 0.25) is 0 Å². The highest BCUT2D eigenvalue weighted by Gasteiger charge is 2.10. The minimum absolute atomic E-state index is 0.201. The molecule has 0 aromatic rings. The molecule has 13 heavy (non-hydrogen) atoms. The number of methoxy groups -OCH3 is 1. The van der Waals surface area contributed by atoms with Gasteiger partial charge in [-0.1, -0.05) is 0 Å². The molecule has 0 saturated carbocycles. The molecule has 0 saturated heterocycles. The number of aliphatic hydroxyl groups excluding tert-OH is 1. The van der Waals surface area contributed by atoms with Crippen LogP contribution in [-0.4, -0.2) is 58.4 Å². The fourth-order valence-electron chi connectivity index (χ4n) is 0.851. The van der Waals surface area contributed by atoms with Crippen LogP contribution in [0.3, 0.4) is 0 Å². The molecule has 1 atom stereocenters. The molecule has 0 amide bonds. The van der Waals surface area contributed by atoms with Gasteiger partial charge in [-0.05, 0) is 0 Å². The lowest BCUT2D eigenvalue weighted by molar-refractivity contribution is 0.174. The molecule has 0 aliphatic heterocycles. The number of ether oxygens (including phenoxy) is 1. The molecule has 5 nitrogen and oxygen atoms in total. The number of sulfone groups is 1. The van der Waals surface area contributed by atoms with E-state index in [-0.39, 0.29) is 12.3 Å². The number of rotatable bonds is 7. The Morgan fingerprint density at radius 2 is 2.15 bits per heavy atom. The predicted molar refractivity (Wildman–Crippen MR) is 50.5 cm³/mol. The molecule has 0 spiro atoms. The Kier molecular flexibility index (Phi) is 6.23. The quantitative estimate of drug-likeness (QED) is 0.508. The largest absolute Gasteiger partial charge is 0.391 e. The van der Waals surface area contributed by atoms with Gasteiger partial charge in [0.15, 0.2) is 0 Å². The van der Waals surface area contributed by atoms with Crippen LogP contribution in [0.4, 0.5) is 0 Å². The van der Waals surface area contributed by atoms with Crippen LogP contribution in [0.5, 0.6) is 0 Å². The van der Waals surface area contributed by atoms with E-state index in [0.717, 1.165) is 6.26 Å². The maximum absolute atomic E-state index is 10.7. The zero-order valence-electron chi connectivity index (χ0n) is 7.99. The smallest absolute Gasteiger partial charge is 0.150 e. The second kappa shape index (κ2) is 6.31. The van der Waals surface area contributed by atoms with Gasteiger partial charge in [-0.15, -0.1) is 0 Å². The highest BCUT2D eigenvalue weighted by atomic mass is 32.2. The maximum Gasteiger partial charge on any atom is 0.150 e. The molecule has 0 heterocycles. The minimum atomic E-state index is -3.09. The standard InChI is InChI=1S/C7H17NO4S/c1-12-4-3-8-5-7(9)6-13(2,10)11/h7-9H,3-6H2,1-2H3. The Hall–Kier alpha value is -0.170. The van der Waals surface area contributed by atoms with Crippen molar-refractivity contribution in [2.45, 2.75) is 6.10 Å². The molecule has 0 aromatic heterocycles. The van der Waals surface area contributed by atoms with Crippen molar-refractivity contribution in [3.63, 3.8) is 0 Å². The second-order valence-electron chi connectivity index (χ2n) is 2.94. The van der Waals surface area contributed by atoms with Gasteiger partial charge in [0.1, 0.15) is 9.84 Å². The van der Waals surface area contributed by atoms with Crippen LogP contribution in [0.25, 0.3) is 0 Å². The Labute approximate surface area is 79.0 Å². The SMILES string of the molecule is COCCNCC(O)CS(C)(=O)=O.